The van der Waals surface area contributed by atoms with Crippen molar-refractivity contribution in [3.8, 4) is 0 Å². The number of anilines is 1. The molecule has 0 fully saturated rings. The van der Waals surface area contributed by atoms with Crippen LogP contribution in [0.25, 0.3) is 11.0 Å². The fraction of sp³-hybridized carbons (Fsp3) is 0.200. The molecule has 2 aromatic heterocycles. The van der Waals surface area contributed by atoms with Crippen molar-refractivity contribution in [3.63, 3.8) is 0 Å². The van der Waals surface area contributed by atoms with Crippen molar-refractivity contribution < 1.29 is 9.59 Å². The maximum absolute atomic E-state index is 13.0. The molecule has 0 aliphatic heterocycles. The van der Waals surface area contributed by atoms with Gasteiger partial charge in [0.1, 0.15) is 12.4 Å². The van der Waals surface area contributed by atoms with Crippen LogP contribution in [0.2, 0.25) is 0 Å². The summed E-state index contributed by atoms with van der Waals surface area (Å²) in [5.74, 6) is 0.661. The molecule has 4 aromatic rings. The molecule has 0 spiro atoms. The van der Waals surface area contributed by atoms with E-state index in [2.05, 4.69) is 10.3 Å². The molecule has 7 heteroatoms. The summed E-state index contributed by atoms with van der Waals surface area (Å²) < 4.78 is 1.97. The Morgan fingerprint density at radius 2 is 1.78 bits per heavy atom. The lowest BCUT2D eigenvalue weighted by Crippen LogP contribution is -2.30. The first-order valence-electron chi connectivity index (χ1n) is 10.6. The molecular formula is C25H25N5O2. The summed E-state index contributed by atoms with van der Waals surface area (Å²) in [6.45, 7) is 0.706. The molecule has 0 saturated carbocycles. The summed E-state index contributed by atoms with van der Waals surface area (Å²) in [5.41, 5.74) is 3.17. The highest BCUT2D eigenvalue weighted by atomic mass is 16.2. The number of carbonyl (C=O) groups excluding carboxylic acids is 2. The Balaban J connectivity index is 1.44. The van der Waals surface area contributed by atoms with Crippen LogP contribution in [0.15, 0.2) is 79.1 Å². The number of carbonyl (C=O) groups is 2. The highest BCUT2D eigenvalue weighted by molar-refractivity contribution is 5.94. The van der Waals surface area contributed by atoms with Crippen LogP contribution in [0.5, 0.6) is 0 Å². The van der Waals surface area contributed by atoms with Gasteiger partial charge in [0, 0.05) is 38.1 Å². The topological polar surface area (TPSA) is 80.1 Å². The van der Waals surface area contributed by atoms with Gasteiger partial charge in [-0.1, -0.05) is 30.3 Å². The van der Waals surface area contributed by atoms with Crippen LogP contribution in [0.4, 0.5) is 5.69 Å². The fourth-order valence-corrected chi connectivity index (χ4v) is 3.58. The molecule has 32 heavy (non-hydrogen) atoms. The van der Waals surface area contributed by atoms with Crippen LogP contribution < -0.4 is 10.2 Å². The standard InChI is InChI=1S/C25H25N5O2/c1-29(20-10-3-2-4-11-20)24(31)18-30-22-13-6-5-12-21(22)28-23(30)14-8-16-27-25(32)19-9-7-15-26-17-19/h2-7,9-13,15,17H,8,14,16,18H2,1H3,(H,27,32). The number of rotatable bonds is 8. The smallest absolute Gasteiger partial charge is 0.252 e. The Kier molecular flexibility index (Phi) is 6.55. The lowest BCUT2D eigenvalue weighted by Gasteiger charge is -2.18. The first kappa shape index (κ1) is 21.2. The predicted octanol–water partition coefficient (Wildman–Crippen LogP) is 3.46. The minimum atomic E-state index is -0.147. The Morgan fingerprint density at radius 3 is 2.56 bits per heavy atom. The number of hydrogen-bond donors (Lipinski definition) is 1. The first-order chi connectivity index (χ1) is 15.6. The summed E-state index contributed by atoms with van der Waals surface area (Å²) >= 11 is 0. The van der Waals surface area contributed by atoms with E-state index in [-0.39, 0.29) is 18.4 Å². The van der Waals surface area contributed by atoms with Gasteiger partial charge in [0.05, 0.1) is 16.6 Å². The molecule has 2 amide bonds. The number of fused-ring (bicyclic) bond motifs is 1. The molecule has 7 nitrogen and oxygen atoms in total. The maximum Gasteiger partial charge on any atom is 0.252 e. The summed E-state index contributed by atoms with van der Waals surface area (Å²) in [4.78, 5) is 35.6. The van der Waals surface area contributed by atoms with Crippen LogP contribution >= 0.6 is 0 Å². The van der Waals surface area contributed by atoms with Crippen molar-refractivity contribution in [1.82, 2.24) is 19.9 Å². The van der Waals surface area contributed by atoms with E-state index >= 15 is 0 Å². The monoisotopic (exact) mass is 427 g/mol. The van der Waals surface area contributed by atoms with E-state index < -0.39 is 0 Å². The second-order valence-electron chi connectivity index (χ2n) is 7.49. The van der Waals surface area contributed by atoms with Gasteiger partial charge in [0.2, 0.25) is 5.91 Å². The minimum Gasteiger partial charge on any atom is -0.352 e. The van der Waals surface area contributed by atoms with Crippen molar-refractivity contribution >= 4 is 28.5 Å². The maximum atomic E-state index is 13.0. The number of nitrogens with one attached hydrogen (secondary N) is 1. The highest BCUT2D eigenvalue weighted by Gasteiger charge is 2.17. The quantitative estimate of drug-likeness (QED) is 0.437. The largest absolute Gasteiger partial charge is 0.352 e. The molecule has 0 aliphatic rings. The van der Waals surface area contributed by atoms with E-state index in [1.54, 1.807) is 36.5 Å². The van der Waals surface area contributed by atoms with Crippen molar-refractivity contribution in [2.45, 2.75) is 19.4 Å². The molecule has 2 heterocycles. The Hall–Kier alpha value is -4.00. The fourth-order valence-electron chi connectivity index (χ4n) is 3.58. The Bertz CT molecular complexity index is 1200. The van der Waals surface area contributed by atoms with Crippen molar-refractivity contribution in [2.75, 3.05) is 18.5 Å². The van der Waals surface area contributed by atoms with E-state index in [0.717, 1.165) is 22.5 Å². The number of imidazole rings is 1. The minimum absolute atomic E-state index is 0.0227. The molecule has 162 valence electrons. The number of likely N-dealkylation sites (N-methyl/N-ethyl adjacent to an activating group) is 1. The van der Waals surface area contributed by atoms with Crippen molar-refractivity contribution in [1.29, 1.82) is 0 Å². The van der Waals surface area contributed by atoms with Gasteiger partial charge in [-0.3, -0.25) is 14.6 Å². The number of aryl methyl sites for hydroxylation is 1. The van der Waals surface area contributed by atoms with Gasteiger partial charge in [-0.25, -0.2) is 4.98 Å². The van der Waals surface area contributed by atoms with Crippen LogP contribution in [-0.2, 0) is 17.8 Å². The molecule has 0 radical (unpaired) electrons. The number of pyridine rings is 1. The molecule has 1 N–H and O–H groups in total. The average Bonchev–Trinajstić information content (AvgIpc) is 3.19. The molecule has 0 unspecified atom stereocenters. The molecular weight excluding hydrogens is 402 g/mol. The van der Waals surface area contributed by atoms with Gasteiger partial charge in [-0.05, 0) is 42.8 Å². The molecule has 0 aliphatic carbocycles. The van der Waals surface area contributed by atoms with E-state index in [0.29, 0.717) is 24.9 Å². The zero-order chi connectivity index (χ0) is 22.3. The SMILES string of the molecule is CN(C(=O)Cn1c(CCCNC(=O)c2cccnc2)nc2ccccc21)c1ccccc1. The third-order valence-electron chi connectivity index (χ3n) is 5.33. The molecule has 0 atom stereocenters. The van der Waals surface area contributed by atoms with Gasteiger partial charge >= 0.3 is 0 Å². The number of amides is 2. The van der Waals surface area contributed by atoms with Crippen LogP contribution in [0.3, 0.4) is 0 Å². The van der Waals surface area contributed by atoms with E-state index in [1.165, 1.54) is 0 Å². The third kappa shape index (κ3) is 4.83. The van der Waals surface area contributed by atoms with Crippen LogP contribution in [0.1, 0.15) is 22.6 Å². The highest BCUT2D eigenvalue weighted by Crippen LogP contribution is 2.19. The van der Waals surface area contributed by atoms with Crippen LogP contribution in [0, 0.1) is 0 Å². The summed E-state index contributed by atoms with van der Waals surface area (Å²) in [7, 11) is 1.78. The van der Waals surface area contributed by atoms with Crippen molar-refractivity contribution in [2.24, 2.45) is 0 Å². The number of nitrogens with zero attached hydrogens (tertiary/aromatic N) is 4. The molecule has 0 bridgehead atoms. The van der Waals surface area contributed by atoms with E-state index in [4.69, 9.17) is 4.98 Å². The van der Waals surface area contributed by atoms with Crippen molar-refractivity contribution in [3.05, 3.63) is 90.5 Å². The predicted molar refractivity (Wildman–Crippen MR) is 124 cm³/mol. The van der Waals surface area contributed by atoms with Gasteiger partial charge in [-0.15, -0.1) is 0 Å². The molecule has 2 aromatic carbocycles. The zero-order valence-corrected chi connectivity index (χ0v) is 17.9. The number of benzene rings is 2. The third-order valence-corrected chi connectivity index (χ3v) is 5.33. The summed E-state index contributed by atoms with van der Waals surface area (Å²) in [6.07, 6.45) is 4.53. The Labute approximate surface area is 186 Å². The lowest BCUT2D eigenvalue weighted by atomic mass is 10.2. The number of hydrogen-bond acceptors (Lipinski definition) is 4. The molecule has 0 saturated heterocycles. The van der Waals surface area contributed by atoms with Gasteiger partial charge in [-0.2, -0.15) is 0 Å². The summed E-state index contributed by atoms with van der Waals surface area (Å²) in [5, 5.41) is 2.91. The van der Waals surface area contributed by atoms with E-state index in [1.807, 2.05) is 59.2 Å². The number of aromatic nitrogens is 3. The van der Waals surface area contributed by atoms with Crippen LogP contribution in [-0.4, -0.2) is 39.9 Å². The van der Waals surface area contributed by atoms with E-state index in [9.17, 15) is 9.59 Å². The average molecular weight is 428 g/mol. The molecule has 4 rings (SSSR count). The van der Waals surface area contributed by atoms with Gasteiger partial charge < -0.3 is 14.8 Å². The van der Waals surface area contributed by atoms with Gasteiger partial charge in [0.25, 0.3) is 5.91 Å². The second-order valence-corrected chi connectivity index (χ2v) is 7.49. The zero-order valence-electron chi connectivity index (χ0n) is 17.9. The second kappa shape index (κ2) is 9.87. The number of para-hydroxylation sites is 3. The summed E-state index contributed by atoms with van der Waals surface area (Å²) in [6, 6.07) is 20.9. The normalized spacial score (nSPS) is 10.8. The van der Waals surface area contributed by atoms with Gasteiger partial charge in [0.15, 0.2) is 0 Å². The lowest BCUT2D eigenvalue weighted by molar-refractivity contribution is -0.118. The Morgan fingerprint density at radius 1 is 1.00 bits per heavy atom. The first-order valence-corrected chi connectivity index (χ1v) is 10.6.